The number of anilines is 1. The number of nitrogens with one attached hydrogen (secondary N) is 3. The molecule has 33 heavy (non-hydrogen) atoms. The summed E-state index contributed by atoms with van der Waals surface area (Å²) in [4.78, 5) is 13.9. The van der Waals surface area contributed by atoms with Crippen LogP contribution in [0.4, 0.5) is 5.82 Å². The van der Waals surface area contributed by atoms with Crippen LogP contribution < -0.4 is 15.5 Å². The van der Waals surface area contributed by atoms with E-state index in [9.17, 15) is 0 Å². The number of hydrogen-bond donors (Lipinski definition) is 3. The van der Waals surface area contributed by atoms with Crippen molar-refractivity contribution in [2.45, 2.75) is 32.2 Å². The summed E-state index contributed by atoms with van der Waals surface area (Å²) in [5.41, 5.74) is 2.23. The van der Waals surface area contributed by atoms with Crippen LogP contribution >= 0.6 is 51.3 Å². The number of benzene rings is 1. The number of thiocarbonyl (C=S) groups is 1. The molecule has 0 atom stereocenters. The van der Waals surface area contributed by atoms with Gasteiger partial charge in [0.25, 0.3) is 0 Å². The highest BCUT2D eigenvalue weighted by Gasteiger charge is 2.10. The average Bonchev–Trinajstić information content (AvgIpc) is 3.32. The fourth-order valence-electron chi connectivity index (χ4n) is 3.28. The maximum Gasteiger partial charge on any atom is 0.166 e. The number of imidazole rings is 1. The zero-order chi connectivity index (χ0) is 23.5. The van der Waals surface area contributed by atoms with Crippen molar-refractivity contribution in [2.75, 3.05) is 24.5 Å². The summed E-state index contributed by atoms with van der Waals surface area (Å²) in [5, 5.41) is 8.36. The predicted molar refractivity (Wildman–Crippen MR) is 144 cm³/mol. The van der Waals surface area contributed by atoms with E-state index in [1.165, 1.54) is 0 Å². The Morgan fingerprint density at radius 1 is 1.03 bits per heavy atom. The van der Waals surface area contributed by atoms with Gasteiger partial charge in [-0.2, -0.15) is 0 Å². The molecule has 2 aromatic heterocycles. The summed E-state index contributed by atoms with van der Waals surface area (Å²) in [6.45, 7) is 3.22. The average molecular weight is 570 g/mol. The van der Waals surface area contributed by atoms with E-state index in [1.807, 2.05) is 42.7 Å². The van der Waals surface area contributed by atoms with Gasteiger partial charge in [-0.3, -0.25) is 0 Å². The summed E-state index contributed by atoms with van der Waals surface area (Å²) >= 11 is 21.1. The van der Waals surface area contributed by atoms with E-state index in [4.69, 9.17) is 35.4 Å². The van der Waals surface area contributed by atoms with Crippen molar-refractivity contribution < 1.29 is 0 Å². The molecule has 0 aliphatic carbocycles. The van der Waals surface area contributed by atoms with Gasteiger partial charge in [-0.1, -0.05) is 29.3 Å². The van der Waals surface area contributed by atoms with Crippen LogP contribution in [-0.4, -0.2) is 39.7 Å². The van der Waals surface area contributed by atoms with Gasteiger partial charge in [-0.05, 0) is 83.7 Å². The largest absolute Gasteiger partial charge is 0.363 e. The molecular weight excluding hydrogens is 543 g/mol. The van der Waals surface area contributed by atoms with Crippen LogP contribution in [0.1, 0.15) is 30.5 Å². The molecule has 2 heterocycles. The van der Waals surface area contributed by atoms with Crippen molar-refractivity contribution in [2.24, 2.45) is 0 Å². The molecule has 0 bridgehead atoms. The first-order valence-electron chi connectivity index (χ1n) is 10.8. The lowest BCUT2D eigenvalue weighted by Gasteiger charge is -2.24. The van der Waals surface area contributed by atoms with Gasteiger partial charge in [0.1, 0.15) is 5.82 Å². The summed E-state index contributed by atoms with van der Waals surface area (Å²) in [5.74, 6) is 0.923. The Balaban J connectivity index is 1.40. The van der Waals surface area contributed by atoms with Crippen LogP contribution in [0.3, 0.4) is 0 Å². The Morgan fingerprint density at radius 3 is 2.55 bits per heavy atom. The van der Waals surface area contributed by atoms with Gasteiger partial charge < -0.3 is 20.5 Å². The van der Waals surface area contributed by atoms with Crippen molar-refractivity contribution in [3.8, 4) is 0 Å². The fraction of sp³-hybridized carbons (Fsp3) is 0.348. The summed E-state index contributed by atoms with van der Waals surface area (Å²) < 4.78 is 0.954. The number of aryl methyl sites for hydroxylation is 1. The number of pyridine rings is 1. The molecule has 0 saturated heterocycles. The van der Waals surface area contributed by atoms with E-state index < -0.39 is 0 Å². The fourth-order valence-corrected chi connectivity index (χ4v) is 4.04. The van der Waals surface area contributed by atoms with Gasteiger partial charge in [-0.25, -0.2) is 9.97 Å². The van der Waals surface area contributed by atoms with Gasteiger partial charge in [0.2, 0.25) is 0 Å². The minimum absolute atomic E-state index is 0.561. The number of rotatable bonds is 12. The van der Waals surface area contributed by atoms with E-state index in [2.05, 4.69) is 46.4 Å². The van der Waals surface area contributed by atoms with Crippen molar-refractivity contribution >= 4 is 62.3 Å². The van der Waals surface area contributed by atoms with E-state index in [1.54, 1.807) is 6.33 Å². The van der Waals surface area contributed by atoms with E-state index in [-0.39, 0.29) is 0 Å². The highest BCUT2D eigenvalue weighted by molar-refractivity contribution is 9.10. The second kappa shape index (κ2) is 13.7. The molecule has 0 aliphatic heterocycles. The monoisotopic (exact) mass is 568 g/mol. The highest BCUT2D eigenvalue weighted by Crippen LogP contribution is 2.25. The maximum atomic E-state index is 6.21. The molecule has 0 spiro atoms. The lowest BCUT2D eigenvalue weighted by atomic mass is 10.2. The molecule has 0 aliphatic rings. The second-order valence-corrected chi connectivity index (χ2v) is 9.71. The third kappa shape index (κ3) is 9.12. The van der Waals surface area contributed by atoms with Crippen LogP contribution in [0.25, 0.3) is 0 Å². The Labute approximate surface area is 218 Å². The molecule has 176 valence electrons. The SMILES string of the molecule is S=C(NCCCCN(Cc1ccc(Cl)c(Cl)c1)c1ccc(Br)cn1)NCCCc1cnc[nH]1. The molecule has 0 amide bonds. The Bertz CT molecular complexity index is 1000. The van der Waals surface area contributed by atoms with E-state index >= 15 is 0 Å². The molecule has 0 saturated carbocycles. The molecule has 3 aromatic rings. The highest BCUT2D eigenvalue weighted by atomic mass is 79.9. The molecule has 3 N–H and O–H groups in total. The van der Waals surface area contributed by atoms with Crippen molar-refractivity contribution in [3.63, 3.8) is 0 Å². The predicted octanol–water partition coefficient (Wildman–Crippen LogP) is 5.76. The van der Waals surface area contributed by atoms with Crippen LogP contribution in [0.15, 0.2) is 53.5 Å². The number of nitrogens with zero attached hydrogens (tertiary/aromatic N) is 3. The minimum Gasteiger partial charge on any atom is -0.363 e. The number of hydrogen-bond acceptors (Lipinski definition) is 4. The quantitative estimate of drug-likeness (QED) is 0.190. The molecule has 10 heteroatoms. The second-order valence-electron chi connectivity index (χ2n) is 7.57. The third-order valence-corrected chi connectivity index (χ3v) is 6.49. The molecule has 0 radical (unpaired) electrons. The van der Waals surface area contributed by atoms with Crippen LogP contribution in [-0.2, 0) is 13.0 Å². The number of aromatic nitrogens is 3. The maximum absolute atomic E-state index is 6.21. The van der Waals surface area contributed by atoms with E-state index in [0.717, 1.165) is 66.9 Å². The Morgan fingerprint density at radius 2 is 1.85 bits per heavy atom. The molecule has 6 nitrogen and oxygen atoms in total. The van der Waals surface area contributed by atoms with Crippen molar-refractivity contribution in [1.82, 2.24) is 25.6 Å². The van der Waals surface area contributed by atoms with Crippen LogP contribution in [0, 0.1) is 0 Å². The molecule has 0 unspecified atom stereocenters. The standard InChI is InChI=1S/C23H27BrCl2N6S/c24-18-6-8-22(30-13-18)32(15-17-5-7-20(25)21(26)12-17)11-2-1-9-28-23(33)29-10-3-4-19-14-27-16-31-19/h5-8,12-14,16H,1-4,9-11,15H2,(H,27,31)(H2,28,29,33). The number of H-pyrrole nitrogens is 1. The first kappa shape index (κ1) is 25.7. The van der Waals surface area contributed by atoms with Gasteiger partial charge >= 0.3 is 0 Å². The first-order valence-corrected chi connectivity index (χ1v) is 12.8. The van der Waals surface area contributed by atoms with Gasteiger partial charge in [0.15, 0.2) is 5.11 Å². The van der Waals surface area contributed by atoms with Crippen molar-refractivity contribution in [1.29, 1.82) is 0 Å². The molecule has 3 rings (SSSR count). The molecule has 0 fully saturated rings. The Kier molecular flexibility index (Phi) is 10.7. The smallest absolute Gasteiger partial charge is 0.166 e. The molecule has 1 aromatic carbocycles. The first-order chi connectivity index (χ1) is 16.0. The summed E-state index contributed by atoms with van der Waals surface area (Å²) in [6, 6.07) is 9.76. The Hall–Kier alpha value is -1.87. The lowest BCUT2D eigenvalue weighted by molar-refractivity contribution is 0.660. The summed E-state index contributed by atoms with van der Waals surface area (Å²) in [7, 11) is 0. The van der Waals surface area contributed by atoms with Gasteiger partial charge in [-0.15, -0.1) is 0 Å². The number of halogens is 3. The van der Waals surface area contributed by atoms with Crippen LogP contribution in [0.2, 0.25) is 10.0 Å². The van der Waals surface area contributed by atoms with E-state index in [0.29, 0.717) is 21.7 Å². The number of aromatic amines is 1. The van der Waals surface area contributed by atoms with Crippen molar-refractivity contribution in [3.05, 3.63) is 74.8 Å². The lowest BCUT2D eigenvalue weighted by Crippen LogP contribution is -2.36. The number of unbranched alkanes of at least 4 members (excludes halogenated alkanes) is 1. The zero-order valence-corrected chi connectivity index (χ0v) is 22.1. The van der Waals surface area contributed by atoms with Crippen LogP contribution in [0.5, 0.6) is 0 Å². The normalized spacial score (nSPS) is 10.8. The third-order valence-electron chi connectivity index (χ3n) is 5.00. The van der Waals surface area contributed by atoms with Gasteiger partial charge in [0, 0.05) is 48.7 Å². The topological polar surface area (TPSA) is 68.9 Å². The minimum atomic E-state index is 0.561. The zero-order valence-electron chi connectivity index (χ0n) is 18.2. The summed E-state index contributed by atoms with van der Waals surface area (Å²) in [6.07, 6.45) is 9.30. The molecular formula is C23H27BrCl2N6S. The van der Waals surface area contributed by atoms with Gasteiger partial charge in [0.05, 0.1) is 16.4 Å².